The number of aromatic nitrogens is 1. The van der Waals surface area contributed by atoms with Gasteiger partial charge >= 0.3 is 5.97 Å². The lowest BCUT2D eigenvalue weighted by molar-refractivity contribution is 0.0602. The number of carbonyl (C=O) groups is 1. The first-order chi connectivity index (χ1) is 12.7. The maximum absolute atomic E-state index is 12.4. The summed E-state index contributed by atoms with van der Waals surface area (Å²) < 4.78 is 13.2. The molecule has 148 valence electrons. The minimum Gasteiger partial charge on any atom is -0.465 e. The van der Waals surface area contributed by atoms with Gasteiger partial charge in [0.25, 0.3) is 0 Å². The van der Waals surface area contributed by atoms with Crippen molar-refractivity contribution in [1.29, 1.82) is 0 Å². The number of fused-ring (bicyclic) bond motifs is 3. The third-order valence-corrected chi connectivity index (χ3v) is 7.07. The van der Waals surface area contributed by atoms with Crippen LogP contribution >= 0.6 is 0 Å². The molecule has 0 fully saturated rings. The predicted octanol–water partition coefficient (Wildman–Crippen LogP) is 4.28. The van der Waals surface area contributed by atoms with Crippen molar-refractivity contribution in [3.05, 3.63) is 34.5 Å². The normalized spacial score (nSPS) is 15.2. The van der Waals surface area contributed by atoms with Crippen LogP contribution in [-0.2, 0) is 29.0 Å². The van der Waals surface area contributed by atoms with Gasteiger partial charge in [-0.05, 0) is 43.9 Å². The number of benzene rings is 1. The van der Waals surface area contributed by atoms with Crippen molar-refractivity contribution in [3.8, 4) is 0 Å². The van der Waals surface area contributed by atoms with Gasteiger partial charge in [0.2, 0.25) is 0 Å². The number of nitrogens with zero attached hydrogens (tertiary/aromatic N) is 1. The van der Waals surface area contributed by atoms with Crippen LogP contribution in [0.3, 0.4) is 0 Å². The summed E-state index contributed by atoms with van der Waals surface area (Å²) in [6, 6.07) is 4.74. The van der Waals surface area contributed by atoms with E-state index in [2.05, 4.69) is 24.2 Å². The summed E-state index contributed by atoms with van der Waals surface area (Å²) in [6.07, 6.45) is 2.38. The van der Waals surface area contributed by atoms with Gasteiger partial charge in [-0.3, -0.25) is 0 Å². The molecule has 1 heterocycles. The zero-order valence-corrected chi connectivity index (χ0v) is 18.1. The summed E-state index contributed by atoms with van der Waals surface area (Å²) in [7, 11) is 0.264. The second kappa shape index (κ2) is 7.77. The number of hydrogen-bond acceptors (Lipinski definition) is 4. The van der Waals surface area contributed by atoms with Crippen molar-refractivity contribution >= 4 is 24.9 Å². The Hall–Kier alpha value is -1.63. The smallest absolute Gasteiger partial charge is 0.338 e. The number of ether oxygens (including phenoxy) is 2. The molecule has 0 amide bonds. The highest BCUT2D eigenvalue weighted by molar-refractivity contribution is 6.76. The lowest BCUT2D eigenvalue weighted by atomic mass is 9.99. The zero-order valence-electron chi connectivity index (χ0n) is 17.1. The van der Waals surface area contributed by atoms with Crippen molar-refractivity contribution in [2.24, 2.45) is 0 Å². The lowest BCUT2D eigenvalue weighted by Crippen LogP contribution is -2.22. The van der Waals surface area contributed by atoms with Gasteiger partial charge < -0.3 is 19.1 Å². The highest BCUT2D eigenvalue weighted by atomic mass is 28.3. The fourth-order valence-electron chi connectivity index (χ4n) is 3.93. The van der Waals surface area contributed by atoms with Crippen molar-refractivity contribution in [3.63, 3.8) is 0 Å². The lowest BCUT2D eigenvalue weighted by Gasteiger charge is -2.18. The van der Waals surface area contributed by atoms with Crippen LogP contribution < -0.4 is 0 Å². The molecule has 2 aromatic rings. The number of carbonyl (C=O) groups excluding carboxylic acids is 1. The van der Waals surface area contributed by atoms with E-state index in [1.54, 1.807) is 13.0 Å². The standard InChI is InChI=1S/C21H31NO4Si/c1-14(23)15-9-10-17(21(24)25-2)19-16-7-6-8-18(16)22(20(15)19)13-26-11-12-27(3,4)5/h9-10,14,23H,6-8,11-13H2,1-5H3. The Morgan fingerprint density at radius 1 is 1.30 bits per heavy atom. The number of rotatable bonds is 7. The first kappa shape index (κ1) is 20.1. The average Bonchev–Trinajstić information content (AvgIpc) is 3.18. The van der Waals surface area contributed by atoms with Crippen LogP contribution in [0.2, 0.25) is 25.7 Å². The molecule has 0 saturated carbocycles. The molecule has 27 heavy (non-hydrogen) atoms. The first-order valence-corrected chi connectivity index (χ1v) is 13.5. The van der Waals surface area contributed by atoms with E-state index in [0.717, 1.165) is 48.4 Å². The van der Waals surface area contributed by atoms with Gasteiger partial charge in [-0.15, -0.1) is 0 Å². The van der Waals surface area contributed by atoms with E-state index in [0.29, 0.717) is 12.3 Å². The molecule has 5 nitrogen and oxygen atoms in total. The van der Waals surface area contributed by atoms with Gasteiger partial charge in [-0.25, -0.2) is 4.79 Å². The highest BCUT2D eigenvalue weighted by Crippen LogP contribution is 2.39. The van der Waals surface area contributed by atoms with Crippen LogP contribution in [0.4, 0.5) is 0 Å². The Morgan fingerprint density at radius 3 is 2.67 bits per heavy atom. The Morgan fingerprint density at radius 2 is 2.04 bits per heavy atom. The van der Waals surface area contributed by atoms with Crippen LogP contribution in [0.1, 0.15) is 46.6 Å². The molecule has 0 saturated heterocycles. The van der Waals surface area contributed by atoms with Crippen molar-refractivity contribution < 1.29 is 19.4 Å². The molecule has 1 aliphatic carbocycles. The van der Waals surface area contributed by atoms with E-state index in [1.165, 1.54) is 18.4 Å². The van der Waals surface area contributed by atoms with Crippen molar-refractivity contribution in [2.45, 2.75) is 64.7 Å². The van der Waals surface area contributed by atoms with Crippen LogP contribution in [-0.4, -0.2) is 37.4 Å². The molecule has 0 radical (unpaired) electrons. The molecule has 1 unspecified atom stereocenters. The Bertz CT molecular complexity index is 848. The Balaban J connectivity index is 2.08. The first-order valence-electron chi connectivity index (χ1n) is 9.75. The molecule has 0 bridgehead atoms. The molecule has 1 N–H and O–H groups in total. The summed E-state index contributed by atoms with van der Waals surface area (Å²) in [5, 5.41) is 11.3. The fourth-order valence-corrected chi connectivity index (χ4v) is 4.68. The summed E-state index contributed by atoms with van der Waals surface area (Å²) in [6.45, 7) is 9.99. The molecular formula is C21H31NO4Si. The van der Waals surface area contributed by atoms with Gasteiger partial charge in [0.05, 0.1) is 24.3 Å². The van der Waals surface area contributed by atoms with E-state index in [-0.39, 0.29) is 5.97 Å². The second-order valence-corrected chi connectivity index (χ2v) is 14.3. The number of methoxy groups -OCH3 is 1. The average molecular weight is 390 g/mol. The monoisotopic (exact) mass is 389 g/mol. The number of aliphatic hydroxyl groups is 1. The summed E-state index contributed by atoms with van der Waals surface area (Å²) in [5.41, 5.74) is 4.78. The Kier molecular flexibility index (Phi) is 5.79. The second-order valence-electron chi connectivity index (χ2n) is 8.65. The van der Waals surface area contributed by atoms with Crippen LogP contribution in [0, 0.1) is 0 Å². The van der Waals surface area contributed by atoms with Gasteiger partial charge in [0, 0.05) is 31.3 Å². The number of hydrogen-bond donors (Lipinski definition) is 1. The maximum Gasteiger partial charge on any atom is 0.338 e. The van der Waals surface area contributed by atoms with E-state index >= 15 is 0 Å². The third kappa shape index (κ3) is 3.98. The highest BCUT2D eigenvalue weighted by Gasteiger charge is 2.28. The SMILES string of the molecule is COC(=O)c1ccc(C(C)O)c2c1c1c(n2COCC[Si](C)(C)C)CCC1. The minimum atomic E-state index is -1.15. The Labute approximate surface area is 162 Å². The van der Waals surface area contributed by atoms with E-state index < -0.39 is 14.2 Å². The molecule has 0 aliphatic heterocycles. The minimum absolute atomic E-state index is 0.330. The molecule has 3 rings (SSSR count). The third-order valence-electron chi connectivity index (χ3n) is 5.37. The van der Waals surface area contributed by atoms with Crippen LogP contribution in [0.25, 0.3) is 10.9 Å². The van der Waals surface area contributed by atoms with Crippen LogP contribution in [0.15, 0.2) is 12.1 Å². The van der Waals surface area contributed by atoms with Crippen molar-refractivity contribution in [1.82, 2.24) is 4.57 Å². The molecule has 1 aromatic heterocycles. The van der Waals surface area contributed by atoms with Crippen LogP contribution in [0.5, 0.6) is 0 Å². The zero-order chi connectivity index (χ0) is 19.8. The molecule has 1 aliphatic rings. The molecule has 1 aromatic carbocycles. The van der Waals surface area contributed by atoms with E-state index in [1.807, 2.05) is 6.07 Å². The van der Waals surface area contributed by atoms with Gasteiger partial charge in [-0.2, -0.15) is 0 Å². The van der Waals surface area contributed by atoms with Crippen molar-refractivity contribution in [2.75, 3.05) is 13.7 Å². The van der Waals surface area contributed by atoms with Gasteiger partial charge in [0.15, 0.2) is 0 Å². The molecular weight excluding hydrogens is 358 g/mol. The topological polar surface area (TPSA) is 60.7 Å². The molecule has 0 spiro atoms. The maximum atomic E-state index is 12.4. The number of esters is 1. The van der Waals surface area contributed by atoms with Gasteiger partial charge in [-0.1, -0.05) is 25.7 Å². The predicted molar refractivity (Wildman–Crippen MR) is 110 cm³/mol. The summed E-state index contributed by atoms with van der Waals surface area (Å²) >= 11 is 0. The van der Waals surface area contributed by atoms with E-state index in [4.69, 9.17) is 9.47 Å². The largest absolute Gasteiger partial charge is 0.465 e. The van der Waals surface area contributed by atoms with Gasteiger partial charge in [0.1, 0.15) is 6.73 Å². The number of aryl methyl sites for hydroxylation is 1. The summed E-state index contributed by atoms with van der Waals surface area (Å²) in [5.74, 6) is -0.330. The molecule has 6 heteroatoms. The molecule has 1 atom stereocenters. The fraction of sp³-hybridized carbons (Fsp3) is 0.571. The van der Waals surface area contributed by atoms with E-state index in [9.17, 15) is 9.90 Å². The quantitative estimate of drug-likeness (QED) is 0.436. The number of aliphatic hydroxyl groups excluding tert-OH is 1. The summed E-state index contributed by atoms with van der Waals surface area (Å²) in [4.78, 5) is 12.4.